The molecule has 3 aromatic rings. The first kappa shape index (κ1) is 23.6. The molecule has 0 spiro atoms. The van der Waals surface area contributed by atoms with Gasteiger partial charge in [-0.1, -0.05) is 0 Å². The van der Waals surface area contributed by atoms with E-state index >= 15 is 4.39 Å². The van der Waals surface area contributed by atoms with Crippen LogP contribution in [0.2, 0.25) is 0 Å². The van der Waals surface area contributed by atoms with E-state index < -0.39 is 0 Å². The van der Waals surface area contributed by atoms with E-state index in [4.69, 9.17) is 0 Å². The normalized spacial score (nSPS) is 21.5. The van der Waals surface area contributed by atoms with Crippen molar-refractivity contribution in [3.63, 3.8) is 0 Å². The summed E-state index contributed by atoms with van der Waals surface area (Å²) in [5.41, 5.74) is 2.87. The topological polar surface area (TPSA) is 80.7 Å². The highest BCUT2D eigenvalue weighted by Crippen LogP contribution is 2.36. The molecule has 1 N–H and O–H groups in total. The molecule has 0 saturated carbocycles. The van der Waals surface area contributed by atoms with Crippen LogP contribution in [0, 0.1) is 5.82 Å². The maximum absolute atomic E-state index is 15.1. The van der Waals surface area contributed by atoms with Crippen LogP contribution < -0.4 is 15.1 Å². The van der Waals surface area contributed by atoms with Crippen molar-refractivity contribution in [3.05, 3.63) is 54.6 Å². The van der Waals surface area contributed by atoms with Gasteiger partial charge in [0.2, 0.25) is 11.9 Å². The van der Waals surface area contributed by atoms with E-state index in [2.05, 4.69) is 42.0 Å². The largest absolute Gasteiger partial charge is 0.363 e. The summed E-state index contributed by atoms with van der Waals surface area (Å²) in [4.78, 5) is 33.7. The Morgan fingerprint density at radius 1 is 1.03 bits per heavy atom. The SMILES string of the molecule is CC(=O)N1CCN(c2ccc(-c3ccnc(Nc4ccc(N5C[C@@H]6C[C@H]5CN6C)c(F)c4)n3)cn2)CC1. The molecule has 1 amide bonds. The molecule has 3 saturated heterocycles. The first-order valence-electron chi connectivity index (χ1n) is 12.8. The van der Waals surface area contributed by atoms with Gasteiger partial charge in [0.1, 0.15) is 11.6 Å². The number of halogens is 1. The van der Waals surface area contributed by atoms with Crippen molar-refractivity contribution in [1.29, 1.82) is 0 Å². The van der Waals surface area contributed by atoms with Crippen LogP contribution >= 0.6 is 0 Å². The smallest absolute Gasteiger partial charge is 0.227 e. The van der Waals surface area contributed by atoms with Gasteiger partial charge in [0.05, 0.1) is 11.4 Å². The summed E-state index contributed by atoms with van der Waals surface area (Å²) in [6.45, 7) is 6.40. The third-order valence-electron chi connectivity index (χ3n) is 7.78. The summed E-state index contributed by atoms with van der Waals surface area (Å²) in [6.07, 6.45) is 4.58. The maximum atomic E-state index is 15.1. The molecule has 9 nitrogen and oxygen atoms in total. The number of amides is 1. The van der Waals surface area contributed by atoms with Crippen LogP contribution in [0.5, 0.6) is 0 Å². The van der Waals surface area contributed by atoms with Crippen LogP contribution in [0.4, 0.5) is 27.5 Å². The van der Waals surface area contributed by atoms with Crippen molar-refractivity contribution in [2.75, 3.05) is 61.4 Å². The molecule has 2 bridgehead atoms. The summed E-state index contributed by atoms with van der Waals surface area (Å²) < 4.78 is 15.1. The molecule has 0 radical (unpaired) electrons. The van der Waals surface area contributed by atoms with Gasteiger partial charge in [0.15, 0.2) is 0 Å². The number of piperazine rings is 2. The number of aromatic nitrogens is 3. The minimum absolute atomic E-state index is 0.112. The Morgan fingerprint density at radius 3 is 2.51 bits per heavy atom. The van der Waals surface area contributed by atoms with Crippen LogP contribution in [0.1, 0.15) is 13.3 Å². The van der Waals surface area contributed by atoms with Crippen molar-refractivity contribution < 1.29 is 9.18 Å². The molecular weight excluding hydrogens is 471 g/mol. The number of carbonyl (C=O) groups is 1. The molecule has 0 unspecified atom stereocenters. The number of likely N-dealkylation sites (tertiary alicyclic amines) is 1. The summed E-state index contributed by atoms with van der Waals surface area (Å²) in [6, 6.07) is 11.9. The molecule has 0 aliphatic carbocycles. The van der Waals surface area contributed by atoms with Gasteiger partial charge in [-0.2, -0.15) is 0 Å². The van der Waals surface area contributed by atoms with Gasteiger partial charge in [0, 0.05) is 81.9 Å². The molecule has 3 aliphatic heterocycles. The van der Waals surface area contributed by atoms with Gasteiger partial charge in [-0.25, -0.2) is 19.3 Å². The fourth-order valence-corrected chi connectivity index (χ4v) is 5.66. The lowest BCUT2D eigenvalue weighted by Gasteiger charge is -2.34. The van der Waals surface area contributed by atoms with Crippen molar-refractivity contribution >= 4 is 29.0 Å². The third-order valence-corrected chi connectivity index (χ3v) is 7.78. The Bertz CT molecular complexity index is 1290. The van der Waals surface area contributed by atoms with E-state index in [9.17, 15) is 4.79 Å². The number of likely N-dealkylation sites (N-methyl/N-ethyl adjacent to an activating group) is 1. The van der Waals surface area contributed by atoms with Gasteiger partial charge in [-0.3, -0.25) is 9.69 Å². The van der Waals surface area contributed by atoms with Crippen molar-refractivity contribution in [3.8, 4) is 11.3 Å². The van der Waals surface area contributed by atoms with E-state index in [1.807, 2.05) is 35.2 Å². The highest BCUT2D eigenvalue weighted by Gasteiger charge is 2.42. The average Bonchev–Trinajstić information content (AvgIpc) is 3.49. The van der Waals surface area contributed by atoms with Crippen LogP contribution in [0.15, 0.2) is 48.8 Å². The highest BCUT2D eigenvalue weighted by atomic mass is 19.1. The van der Waals surface area contributed by atoms with Crippen LogP contribution in [-0.2, 0) is 4.79 Å². The molecule has 37 heavy (non-hydrogen) atoms. The highest BCUT2D eigenvalue weighted by molar-refractivity contribution is 5.73. The standard InChI is InChI=1S/C27H31FN8O/c1-18(37)34-9-11-35(12-10-34)26-6-3-19(15-30-26)24-7-8-29-27(32-24)31-20-4-5-25(23(28)13-20)36-17-21-14-22(36)16-33(21)2/h3-8,13,15,21-22H,9-12,14,16-17H2,1-2H3,(H,29,31,32)/t21-,22-/m0/s1. The number of pyridine rings is 1. The van der Waals surface area contributed by atoms with E-state index in [0.717, 1.165) is 49.7 Å². The van der Waals surface area contributed by atoms with Gasteiger partial charge in [0.25, 0.3) is 0 Å². The monoisotopic (exact) mass is 502 g/mol. The number of nitrogens with one attached hydrogen (secondary N) is 1. The molecule has 192 valence electrons. The number of benzene rings is 1. The Hall–Kier alpha value is -3.79. The summed E-state index contributed by atoms with van der Waals surface area (Å²) in [5, 5.41) is 3.14. The first-order valence-corrected chi connectivity index (χ1v) is 12.8. The molecule has 5 heterocycles. The lowest BCUT2D eigenvalue weighted by Crippen LogP contribution is -2.48. The second-order valence-corrected chi connectivity index (χ2v) is 10.1. The third kappa shape index (κ3) is 4.69. The zero-order chi connectivity index (χ0) is 25.5. The Balaban J connectivity index is 1.12. The molecular formula is C27H31FN8O. The second kappa shape index (κ2) is 9.59. The quantitative estimate of drug-likeness (QED) is 0.571. The number of rotatable bonds is 5. The number of anilines is 4. The number of nitrogens with zero attached hydrogens (tertiary/aromatic N) is 7. The lowest BCUT2D eigenvalue weighted by molar-refractivity contribution is -0.129. The van der Waals surface area contributed by atoms with Gasteiger partial charge in [-0.05, 0) is 49.9 Å². The van der Waals surface area contributed by atoms with E-state index in [0.29, 0.717) is 42.5 Å². The average molecular weight is 503 g/mol. The molecule has 3 fully saturated rings. The lowest BCUT2D eigenvalue weighted by atomic mass is 10.2. The molecule has 1 aromatic carbocycles. The minimum atomic E-state index is -0.236. The van der Waals surface area contributed by atoms with Crippen LogP contribution in [0.25, 0.3) is 11.3 Å². The number of hydrogen-bond acceptors (Lipinski definition) is 8. The fraction of sp³-hybridized carbons (Fsp3) is 0.407. The summed E-state index contributed by atoms with van der Waals surface area (Å²) >= 11 is 0. The molecule has 6 rings (SSSR count). The Morgan fingerprint density at radius 2 is 1.86 bits per heavy atom. The second-order valence-electron chi connectivity index (χ2n) is 10.1. The fourth-order valence-electron chi connectivity index (χ4n) is 5.66. The number of hydrogen-bond donors (Lipinski definition) is 1. The van der Waals surface area contributed by atoms with E-state index in [1.54, 1.807) is 19.3 Å². The van der Waals surface area contributed by atoms with E-state index in [1.165, 1.54) is 6.07 Å². The molecule has 10 heteroatoms. The Kier molecular flexibility index (Phi) is 6.11. The zero-order valence-corrected chi connectivity index (χ0v) is 21.1. The Labute approximate surface area is 215 Å². The molecule has 2 aromatic heterocycles. The summed E-state index contributed by atoms with van der Waals surface area (Å²) in [7, 11) is 2.14. The van der Waals surface area contributed by atoms with E-state index in [-0.39, 0.29) is 11.7 Å². The predicted octanol–water partition coefficient (Wildman–Crippen LogP) is 2.98. The molecule has 2 atom stereocenters. The number of carbonyl (C=O) groups excluding carboxylic acids is 1. The van der Waals surface area contributed by atoms with Crippen molar-refractivity contribution in [2.45, 2.75) is 25.4 Å². The zero-order valence-electron chi connectivity index (χ0n) is 21.1. The van der Waals surface area contributed by atoms with Crippen LogP contribution in [-0.4, -0.2) is 89.1 Å². The molecule has 3 aliphatic rings. The van der Waals surface area contributed by atoms with Crippen molar-refractivity contribution in [2.24, 2.45) is 0 Å². The van der Waals surface area contributed by atoms with Crippen LogP contribution in [0.3, 0.4) is 0 Å². The van der Waals surface area contributed by atoms with Crippen molar-refractivity contribution in [1.82, 2.24) is 24.8 Å². The summed E-state index contributed by atoms with van der Waals surface area (Å²) in [5.74, 6) is 1.16. The minimum Gasteiger partial charge on any atom is -0.363 e. The van der Waals surface area contributed by atoms with Gasteiger partial charge >= 0.3 is 0 Å². The van der Waals surface area contributed by atoms with Gasteiger partial charge in [-0.15, -0.1) is 0 Å². The first-order chi connectivity index (χ1) is 17.9. The number of fused-ring (bicyclic) bond motifs is 2. The maximum Gasteiger partial charge on any atom is 0.227 e. The predicted molar refractivity (Wildman–Crippen MR) is 142 cm³/mol. The van der Waals surface area contributed by atoms with Gasteiger partial charge < -0.3 is 20.0 Å².